The van der Waals surface area contributed by atoms with Gasteiger partial charge in [-0.3, -0.25) is 4.79 Å². The van der Waals surface area contributed by atoms with Crippen LogP contribution in [0.2, 0.25) is 5.02 Å². The van der Waals surface area contributed by atoms with Crippen LogP contribution in [0.4, 0.5) is 16.2 Å². The molecule has 138 valence electrons. The Morgan fingerprint density at radius 2 is 2.19 bits per heavy atom. The summed E-state index contributed by atoms with van der Waals surface area (Å²) >= 11 is 6.22. The minimum Gasteiger partial charge on any atom is -0.361 e. The summed E-state index contributed by atoms with van der Waals surface area (Å²) in [5, 5.41) is 7.12. The molecule has 8 heteroatoms. The molecule has 1 N–H and O–H groups in total. The zero-order valence-electron chi connectivity index (χ0n) is 15.0. The van der Waals surface area contributed by atoms with Crippen LogP contribution in [-0.4, -0.2) is 35.6 Å². The van der Waals surface area contributed by atoms with Gasteiger partial charge in [0.15, 0.2) is 0 Å². The van der Waals surface area contributed by atoms with Crippen LogP contribution in [0.1, 0.15) is 29.9 Å². The van der Waals surface area contributed by atoms with E-state index in [9.17, 15) is 9.59 Å². The number of nitrogens with one attached hydrogen (secondary N) is 1. The van der Waals surface area contributed by atoms with Crippen molar-refractivity contribution < 1.29 is 14.1 Å². The van der Waals surface area contributed by atoms with Gasteiger partial charge in [-0.05, 0) is 38.5 Å². The van der Waals surface area contributed by atoms with Crippen LogP contribution >= 0.6 is 11.6 Å². The molecule has 1 aromatic heterocycles. The molecule has 7 nitrogen and oxygen atoms in total. The number of nitrogens with zero attached hydrogens (tertiary/aromatic N) is 3. The van der Waals surface area contributed by atoms with E-state index in [1.165, 1.54) is 4.90 Å². The Labute approximate surface area is 156 Å². The van der Waals surface area contributed by atoms with Gasteiger partial charge in [-0.25, -0.2) is 4.79 Å². The lowest BCUT2D eigenvalue weighted by molar-refractivity contribution is -0.117. The highest BCUT2D eigenvalue weighted by Gasteiger charge is 2.23. The molecule has 0 atom stereocenters. The van der Waals surface area contributed by atoms with Crippen LogP contribution in [0.25, 0.3) is 0 Å². The second-order valence-electron chi connectivity index (χ2n) is 6.40. The van der Waals surface area contributed by atoms with E-state index in [1.54, 1.807) is 30.1 Å². The van der Waals surface area contributed by atoms with Gasteiger partial charge in [0.05, 0.1) is 22.9 Å². The van der Waals surface area contributed by atoms with Crippen molar-refractivity contribution in [1.82, 2.24) is 10.1 Å². The smallest absolute Gasteiger partial charge is 0.321 e. The molecule has 0 unspecified atom stereocenters. The molecule has 0 aliphatic carbocycles. The van der Waals surface area contributed by atoms with Crippen molar-refractivity contribution in [2.24, 2.45) is 0 Å². The first-order chi connectivity index (χ1) is 12.4. The van der Waals surface area contributed by atoms with E-state index < -0.39 is 0 Å². The number of benzene rings is 1. The third-order valence-corrected chi connectivity index (χ3v) is 4.83. The predicted octanol–water partition coefficient (Wildman–Crippen LogP) is 3.74. The molecule has 0 spiro atoms. The Kier molecular flexibility index (Phi) is 5.18. The van der Waals surface area contributed by atoms with Crippen molar-refractivity contribution in [2.45, 2.75) is 33.2 Å². The first-order valence-corrected chi connectivity index (χ1v) is 8.78. The largest absolute Gasteiger partial charge is 0.361 e. The van der Waals surface area contributed by atoms with Crippen molar-refractivity contribution in [3.8, 4) is 0 Å². The van der Waals surface area contributed by atoms with Gasteiger partial charge in [0.1, 0.15) is 5.76 Å². The molecule has 0 saturated carbocycles. The Morgan fingerprint density at radius 3 is 2.81 bits per heavy atom. The summed E-state index contributed by atoms with van der Waals surface area (Å²) in [4.78, 5) is 27.7. The zero-order valence-corrected chi connectivity index (χ0v) is 15.8. The molecule has 2 heterocycles. The number of hydrogen-bond acceptors (Lipinski definition) is 4. The molecule has 1 aliphatic rings. The van der Waals surface area contributed by atoms with Crippen LogP contribution in [0.5, 0.6) is 0 Å². The maximum Gasteiger partial charge on any atom is 0.321 e. The summed E-state index contributed by atoms with van der Waals surface area (Å²) in [6.45, 7) is 4.70. The number of carbonyl (C=O) groups is 2. The van der Waals surface area contributed by atoms with Gasteiger partial charge in [-0.2, -0.15) is 0 Å². The van der Waals surface area contributed by atoms with Gasteiger partial charge in [0.2, 0.25) is 5.91 Å². The van der Waals surface area contributed by atoms with Crippen LogP contribution in [0.15, 0.2) is 22.7 Å². The van der Waals surface area contributed by atoms with Crippen LogP contribution < -0.4 is 10.2 Å². The van der Waals surface area contributed by atoms with Gasteiger partial charge < -0.3 is 19.6 Å². The third-order valence-electron chi connectivity index (χ3n) is 4.50. The molecule has 1 aliphatic heterocycles. The minimum atomic E-state index is -0.309. The monoisotopic (exact) mass is 376 g/mol. The second kappa shape index (κ2) is 7.37. The Morgan fingerprint density at radius 1 is 1.42 bits per heavy atom. The number of halogens is 1. The van der Waals surface area contributed by atoms with Gasteiger partial charge in [-0.1, -0.05) is 16.8 Å². The minimum absolute atomic E-state index is 0.0834. The van der Waals surface area contributed by atoms with Crippen molar-refractivity contribution in [3.05, 3.63) is 40.2 Å². The van der Waals surface area contributed by atoms with E-state index in [0.717, 1.165) is 23.4 Å². The fourth-order valence-corrected chi connectivity index (χ4v) is 3.11. The molecule has 0 bridgehead atoms. The number of carbonyl (C=O) groups excluding carboxylic acids is 2. The lowest BCUT2D eigenvalue weighted by Crippen LogP contribution is -2.31. The topological polar surface area (TPSA) is 78.7 Å². The summed E-state index contributed by atoms with van der Waals surface area (Å²) in [6, 6.07) is 4.89. The standard InChI is InChI=1S/C18H21ClN4O3/c1-11-14(12(2)26-21-11)10-22(3)18(25)20-16-9-13(6-7-15(16)19)23-8-4-5-17(23)24/h6-7,9H,4-5,8,10H2,1-3H3,(H,20,25). The molecule has 2 aromatic rings. The quantitative estimate of drug-likeness (QED) is 0.881. The van der Waals surface area contributed by atoms with Gasteiger partial charge in [-0.15, -0.1) is 0 Å². The number of rotatable bonds is 4. The Balaban J connectivity index is 1.73. The van der Waals surface area contributed by atoms with E-state index in [-0.39, 0.29) is 11.9 Å². The number of anilines is 2. The van der Waals surface area contributed by atoms with Crippen molar-refractivity contribution in [3.63, 3.8) is 0 Å². The fourth-order valence-electron chi connectivity index (χ4n) is 2.95. The molecule has 1 fully saturated rings. The normalized spacial score (nSPS) is 14.0. The van der Waals surface area contributed by atoms with Gasteiger partial charge in [0, 0.05) is 31.3 Å². The van der Waals surface area contributed by atoms with Crippen LogP contribution in [0.3, 0.4) is 0 Å². The van der Waals surface area contributed by atoms with Gasteiger partial charge in [0.25, 0.3) is 0 Å². The highest BCUT2D eigenvalue weighted by atomic mass is 35.5. The van der Waals surface area contributed by atoms with Gasteiger partial charge >= 0.3 is 6.03 Å². The molecular formula is C18H21ClN4O3. The molecule has 1 saturated heterocycles. The number of hydrogen-bond donors (Lipinski definition) is 1. The van der Waals surface area contributed by atoms with E-state index in [1.807, 2.05) is 13.8 Å². The maximum atomic E-state index is 12.5. The number of aryl methyl sites for hydroxylation is 2. The van der Waals surface area contributed by atoms with Crippen molar-refractivity contribution in [1.29, 1.82) is 0 Å². The van der Waals surface area contributed by atoms with E-state index >= 15 is 0 Å². The van der Waals surface area contributed by atoms with E-state index in [2.05, 4.69) is 10.5 Å². The summed E-state index contributed by atoms with van der Waals surface area (Å²) in [5.41, 5.74) is 2.85. The SMILES string of the molecule is Cc1noc(C)c1CN(C)C(=O)Nc1cc(N2CCCC2=O)ccc1Cl. The number of amides is 3. The fraction of sp³-hybridized carbons (Fsp3) is 0.389. The first-order valence-electron chi connectivity index (χ1n) is 8.40. The summed E-state index contributed by atoms with van der Waals surface area (Å²) in [6.07, 6.45) is 1.38. The first kappa shape index (κ1) is 18.3. The average molecular weight is 377 g/mol. The highest BCUT2D eigenvalue weighted by molar-refractivity contribution is 6.33. The number of aromatic nitrogens is 1. The van der Waals surface area contributed by atoms with E-state index in [0.29, 0.717) is 36.0 Å². The lowest BCUT2D eigenvalue weighted by atomic mass is 10.2. The van der Waals surface area contributed by atoms with Crippen LogP contribution in [0, 0.1) is 13.8 Å². The average Bonchev–Trinajstić information content (AvgIpc) is 3.17. The maximum absolute atomic E-state index is 12.5. The van der Waals surface area contributed by atoms with Crippen molar-refractivity contribution >= 4 is 34.9 Å². The Bertz CT molecular complexity index is 829. The summed E-state index contributed by atoms with van der Waals surface area (Å²) < 4.78 is 5.13. The highest BCUT2D eigenvalue weighted by Crippen LogP contribution is 2.30. The summed E-state index contributed by atoms with van der Waals surface area (Å²) in [7, 11) is 1.68. The Hall–Kier alpha value is -2.54. The van der Waals surface area contributed by atoms with Crippen LogP contribution in [-0.2, 0) is 11.3 Å². The summed E-state index contributed by atoms with van der Waals surface area (Å²) in [5.74, 6) is 0.773. The molecule has 26 heavy (non-hydrogen) atoms. The molecular weight excluding hydrogens is 356 g/mol. The second-order valence-corrected chi connectivity index (χ2v) is 6.81. The van der Waals surface area contributed by atoms with Crippen molar-refractivity contribution in [2.75, 3.05) is 23.8 Å². The zero-order chi connectivity index (χ0) is 18.8. The van der Waals surface area contributed by atoms with E-state index in [4.69, 9.17) is 16.1 Å². The molecule has 0 radical (unpaired) electrons. The lowest BCUT2D eigenvalue weighted by Gasteiger charge is -2.20. The predicted molar refractivity (Wildman–Crippen MR) is 99.5 cm³/mol. The molecule has 1 aromatic carbocycles. The molecule has 3 amide bonds. The third kappa shape index (κ3) is 3.67. The number of urea groups is 1. The molecule has 3 rings (SSSR count).